The molecule has 244 valence electrons. The first-order valence-electron chi connectivity index (χ1n) is 13.4. The molecule has 1 unspecified atom stereocenters. The quantitative estimate of drug-likeness (QED) is 0.116. The molecular weight excluding hydrogens is 682 g/mol. The smallest absolute Gasteiger partial charge is 0.418 e. The predicted octanol–water partition coefficient (Wildman–Crippen LogP) is 5.66. The molecule has 0 fully saturated rings. The molecule has 12 nitrogen and oxygen atoms in total. The average Bonchev–Trinajstić information content (AvgIpc) is 2.99. The van der Waals surface area contributed by atoms with Crippen LogP contribution in [-0.2, 0) is 24.5 Å². The van der Waals surface area contributed by atoms with Gasteiger partial charge in [-0.05, 0) is 73.8 Å². The number of carbonyl (C=O) groups is 1. The van der Waals surface area contributed by atoms with E-state index in [9.17, 15) is 22.5 Å². The van der Waals surface area contributed by atoms with Crippen molar-refractivity contribution in [1.82, 2.24) is 14.7 Å². The molecule has 5 N–H and O–H groups in total. The van der Waals surface area contributed by atoms with Gasteiger partial charge in [0.15, 0.2) is 0 Å². The zero-order valence-electron chi connectivity index (χ0n) is 24.4. The molecule has 3 aromatic carbocycles. The zero-order valence-corrected chi connectivity index (χ0v) is 27.5. The maximum atomic E-state index is 15.3. The lowest BCUT2D eigenvalue weighted by molar-refractivity contribution is 0.159. The van der Waals surface area contributed by atoms with Crippen LogP contribution in [0.25, 0.3) is 11.1 Å². The molecule has 0 aliphatic heterocycles. The highest BCUT2D eigenvalue weighted by atomic mass is 35.5. The number of aliphatic hydroxyl groups is 1. The first-order valence-corrected chi connectivity index (χ1v) is 17.4. The summed E-state index contributed by atoms with van der Waals surface area (Å²) in [6.07, 6.45) is 0.570. The normalized spacial score (nSPS) is 13.3. The second-order valence-corrected chi connectivity index (χ2v) is 14.1. The Balaban J connectivity index is 1.59. The number of aliphatic hydroxyl groups excluding tert-OH is 1. The topological polar surface area (TPSA) is 172 Å². The Morgan fingerprint density at radius 3 is 2.48 bits per heavy atom. The molecule has 0 aliphatic rings. The van der Waals surface area contributed by atoms with Gasteiger partial charge in [0.1, 0.15) is 16.5 Å². The van der Waals surface area contributed by atoms with Crippen molar-refractivity contribution >= 4 is 78.0 Å². The Hall–Kier alpha value is -4.15. The molecule has 0 spiro atoms. The highest BCUT2D eigenvalue weighted by Gasteiger charge is 2.22. The van der Waals surface area contributed by atoms with Crippen LogP contribution in [-0.4, -0.2) is 58.9 Å². The SMILES string of the molecule is C=S(=O)(NC(=O)OCC)c1ccc(Nc2ncc(-c3ccc(NS(=O)(=O)c4cccc(Cl)c4Cl)c(F)c3)c(N[C@H](C)CO)n2)cc1. The maximum Gasteiger partial charge on any atom is 0.418 e. The lowest BCUT2D eigenvalue weighted by Gasteiger charge is -2.17. The predicted molar refractivity (Wildman–Crippen MR) is 178 cm³/mol. The highest BCUT2D eigenvalue weighted by molar-refractivity contribution is 7.99. The molecular formula is C29H29Cl2FN6O6S2. The van der Waals surface area contributed by atoms with E-state index in [1.807, 2.05) is 0 Å². The van der Waals surface area contributed by atoms with Crippen LogP contribution >= 0.6 is 23.2 Å². The molecule has 1 amide bonds. The van der Waals surface area contributed by atoms with E-state index in [1.54, 1.807) is 26.0 Å². The van der Waals surface area contributed by atoms with Crippen LogP contribution in [0, 0.1) is 5.82 Å². The fourth-order valence-corrected chi connectivity index (χ4v) is 6.79. The van der Waals surface area contributed by atoms with Gasteiger partial charge in [-0.1, -0.05) is 35.3 Å². The maximum absolute atomic E-state index is 15.3. The van der Waals surface area contributed by atoms with Gasteiger partial charge in [0, 0.05) is 28.4 Å². The average molecular weight is 712 g/mol. The zero-order chi connectivity index (χ0) is 33.6. The third-order valence-electron chi connectivity index (χ3n) is 6.19. The Kier molecular flexibility index (Phi) is 11.0. The summed E-state index contributed by atoms with van der Waals surface area (Å²) >= 11 is 12.0. The minimum atomic E-state index is -4.27. The molecule has 0 saturated heterocycles. The number of benzene rings is 3. The fourth-order valence-electron chi connectivity index (χ4n) is 3.94. The van der Waals surface area contributed by atoms with Crippen molar-refractivity contribution in [2.75, 3.05) is 28.6 Å². The highest BCUT2D eigenvalue weighted by Crippen LogP contribution is 2.33. The molecule has 0 aliphatic carbocycles. The molecule has 0 bridgehead atoms. The summed E-state index contributed by atoms with van der Waals surface area (Å²) in [4.78, 5) is 20.4. The molecule has 0 saturated carbocycles. The molecule has 0 radical (unpaired) electrons. The summed E-state index contributed by atoms with van der Waals surface area (Å²) in [5, 5.41) is 15.5. The number of aromatic nitrogens is 2. The minimum absolute atomic E-state index is 0.0273. The lowest BCUT2D eigenvalue weighted by atomic mass is 10.1. The van der Waals surface area contributed by atoms with Gasteiger partial charge in [-0.15, -0.1) is 0 Å². The van der Waals surface area contributed by atoms with E-state index in [2.05, 4.69) is 35.9 Å². The van der Waals surface area contributed by atoms with Crippen LogP contribution in [0.2, 0.25) is 10.0 Å². The van der Waals surface area contributed by atoms with Gasteiger partial charge >= 0.3 is 6.09 Å². The number of nitrogens with zero attached hydrogens (tertiary/aromatic N) is 2. The summed E-state index contributed by atoms with van der Waals surface area (Å²) < 4.78 is 63.1. The number of hydrogen-bond acceptors (Lipinski definition) is 10. The van der Waals surface area contributed by atoms with Crippen molar-refractivity contribution in [1.29, 1.82) is 0 Å². The summed E-state index contributed by atoms with van der Waals surface area (Å²) in [6.45, 7) is 3.20. The molecule has 4 aromatic rings. The molecule has 1 aromatic heterocycles. The van der Waals surface area contributed by atoms with Crippen LogP contribution in [0.4, 0.5) is 32.3 Å². The number of halogens is 3. The largest absolute Gasteiger partial charge is 0.449 e. The van der Waals surface area contributed by atoms with Gasteiger partial charge < -0.3 is 20.5 Å². The van der Waals surface area contributed by atoms with Gasteiger partial charge in [0.05, 0.1) is 38.7 Å². The van der Waals surface area contributed by atoms with Gasteiger partial charge in [0.25, 0.3) is 10.0 Å². The first-order chi connectivity index (χ1) is 21.7. The molecule has 2 atom stereocenters. The monoisotopic (exact) mass is 710 g/mol. The van der Waals surface area contributed by atoms with E-state index >= 15 is 4.39 Å². The van der Waals surface area contributed by atoms with Crippen molar-refractivity contribution in [3.8, 4) is 11.1 Å². The summed E-state index contributed by atoms with van der Waals surface area (Å²) in [6, 6.07) is 13.6. The van der Waals surface area contributed by atoms with Crippen molar-refractivity contribution in [3.63, 3.8) is 0 Å². The van der Waals surface area contributed by atoms with Gasteiger partial charge in [-0.2, -0.15) is 4.98 Å². The van der Waals surface area contributed by atoms with Crippen molar-refractivity contribution in [3.05, 3.63) is 82.7 Å². The fraction of sp³-hybridized carbons (Fsp3) is 0.172. The third-order valence-corrected chi connectivity index (χ3v) is 10.1. The van der Waals surface area contributed by atoms with Crippen LogP contribution in [0.3, 0.4) is 0 Å². The van der Waals surface area contributed by atoms with Crippen molar-refractivity contribution in [2.24, 2.45) is 0 Å². The number of amides is 1. The van der Waals surface area contributed by atoms with Crippen LogP contribution in [0.15, 0.2) is 76.7 Å². The Morgan fingerprint density at radius 2 is 1.83 bits per heavy atom. The molecule has 46 heavy (non-hydrogen) atoms. The number of rotatable bonds is 12. The van der Waals surface area contributed by atoms with E-state index in [4.69, 9.17) is 27.9 Å². The Morgan fingerprint density at radius 1 is 1.11 bits per heavy atom. The van der Waals surface area contributed by atoms with E-state index in [0.717, 1.165) is 6.07 Å². The van der Waals surface area contributed by atoms with Gasteiger partial charge in [-0.3, -0.25) is 4.72 Å². The van der Waals surface area contributed by atoms with Crippen molar-refractivity contribution < 1.29 is 31.7 Å². The van der Waals surface area contributed by atoms with Crippen LogP contribution in [0.5, 0.6) is 0 Å². The lowest BCUT2D eigenvalue weighted by Crippen LogP contribution is -2.30. The van der Waals surface area contributed by atoms with E-state index in [0.29, 0.717) is 16.8 Å². The van der Waals surface area contributed by atoms with Crippen LogP contribution in [0.1, 0.15) is 13.8 Å². The Labute approximate surface area is 275 Å². The van der Waals surface area contributed by atoms with E-state index < -0.39 is 37.7 Å². The van der Waals surface area contributed by atoms with Crippen LogP contribution < -0.4 is 20.1 Å². The number of anilines is 4. The molecule has 4 rings (SSSR count). The van der Waals surface area contributed by atoms with Crippen molar-refractivity contribution in [2.45, 2.75) is 29.7 Å². The minimum Gasteiger partial charge on any atom is -0.449 e. The molecule has 1 heterocycles. The number of nitrogens with one attached hydrogen (secondary N) is 4. The third kappa shape index (κ3) is 8.35. The standard InChI is InChI=1S/C29H29Cl2FN6O6S2/c1-4-44-29(40)38-45(3,41)20-11-9-19(10-12-20)35-28-33-15-21(27(36-28)34-17(2)16-39)18-8-13-24(23(32)14-18)37-46(42,43)25-7-5-6-22(30)26(25)31/h5-15,17,37,39H,3-4,16H2,1-2H3,(H,38,40,41)(H2,33,34,35,36)/t17-,45?/m1/s1. The van der Waals surface area contributed by atoms with E-state index in [-0.39, 0.29) is 50.5 Å². The Bertz CT molecular complexity index is 1970. The van der Waals surface area contributed by atoms with Gasteiger partial charge in [-0.25, -0.2) is 31.5 Å². The number of hydrogen-bond donors (Lipinski definition) is 5. The summed E-state index contributed by atoms with van der Waals surface area (Å²) in [5.41, 5.74) is 0.842. The first kappa shape index (κ1) is 34.7. The second-order valence-electron chi connectivity index (χ2n) is 9.68. The number of sulfonamides is 1. The van der Waals surface area contributed by atoms with Gasteiger partial charge in [0.2, 0.25) is 5.95 Å². The number of carbonyl (C=O) groups excluding carboxylic acids is 1. The van der Waals surface area contributed by atoms with E-state index in [1.165, 1.54) is 48.7 Å². The summed E-state index contributed by atoms with van der Waals surface area (Å²) in [7, 11) is -7.43. The summed E-state index contributed by atoms with van der Waals surface area (Å²) in [5.74, 6) is 3.07. The number of ether oxygens (including phenoxy) is 1. The second kappa shape index (κ2) is 14.5. The molecule has 17 heteroatoms.